The highest BCUT2D eigenvalue weighted by Crippen LogP contribution is 2.53. The lowest BCUT2D eigenvalue weighted by Gasteiger charge is -2.33. The summed E-state index contributed by atoms with van der Waals surface area (Å²) in [6.45, 7) is 4.59. The molecule has 1 N–H and O–H groups in total. The van der Waals surface area contributed by atoms with E-state index in [1.165, 1.54) is 12.0 Å². The number of esters is 1. The standard InChI is InChI=1S/C28H32N2O8/c1-5-11-28(27(33)36-6-2)23-22(24(29-28)18-9-8-17(34-3)15-20(18)35-4)25(31)30(26(23)32)16-7-10-19-21(14-16)38-13-12-37-19/h7-10,14-15,22-24,29H,5-6,11-13H2,1-4H3/t22-,23-,24-,28+/m0/s1. The lowest BCUT2D eigenvalue weighted by atomic mass is 9.77. The Morgan fingerprint density at radius 2 is 1.79 bits per heavy atom. The molecule has 3 heterocycles. The van der Waals surface area contributed by atoms with E-state index in [1.807, 2.05) is 6.92 Å². The van der Waals surface area contributed by atoms with Gasteiger partial charge in [-0.1, -0.05) is 19.4 Å². The van der Waals surface area contributed by atoms with Crippen LogP contribution >= 0.6 is 0 Å². The molecule has 3 aliphatic heterocycles. The van der Waals surface area contributed by atoms with E-state index in [9.17, 15) is 14.4 Å². The van der Waals surface area contributed by atoms with Crippen molar-refractivity contribution in [2.45, 2.75) is 38.3 Å². The van der Waals surface area contributed by atoms with E-state index in [0.29, 0.717) is 60.3 Å². The second-order valence-corrected chi connectivity index (χ2v) is 9.52. The number of imide groups is 1. The Hall–Kier alpha value is -3.79. The Morgan fingerprint density at radius 1 is 1.03 bits per heavy atom. The topological polar surface area (TPSA) is 113 Å². The van der Waals surface area contributed by atoms with Crippen molar-refractivity contribution in [3.8, 4) is 23.0 Å². The van der Waals surface area contributed by atoms with Crippen LogP contribution in [0, 0.1) is 11.8 Å². The largest absolute Gasteiger partial charge is 0.497 e. The molecule has 0 aromatic heterocycles. The highest BCUT2D eigenvalue weighted by molar-refractivity contribution is 6.24. The van der Waals surface area contributed by atoms with E-state index in [4.69, 9.17) is 23.7 Å². The molecule has 2 saturated heterocycles. The van der Waals surface area contributed by atoms with Gasteiger partial charge in [-0.25, -0.2) is 4.90 Å². The van der Waals surface area contributed by atoms with Crippen LogP contribution in [0.15, 0.2) is 36.4 Å². The van der Waals surface area contributed by atoms with Crippen molar-refractivity contribution in [3.05, 3.63) is 42.0 Å². The molecule has 202 valence electrons. The summed E-state index contributed by atoms with van der Waals surface area (Å²) < 4.78 is 27.8. The van der Waals surface area contributed by atoms with Gasteiger partial charge in [-0.2, -0.15) is 0 Å². The van der Waals surface area contributed by atoms with E-state index in [1.54, 1.807) is 50.4 Å². The minimum absolute atomic E-state index is 0.147. The first-order chi connectivity index (χ1) is 18.4. The zero-order valence-electron chi connectivity index (χ0n) is 21.9. The molecule has 0 spiro atoms. The van der Waals surface area contributed by atoms with Crippen LogP contribution in [0.25, 0.3) is 0 Å². The molecule has 0 radical (unpaired) electrons. The van der Waals surface area contributed by atoms with Gasteiger partial charge in [0.05, 0.1) is 38.3 Å². The number of fused-ring (bicyclic) bond motifs is 2. The highest BCUT2D eigenvalue weighted by atomic mass is 16.6. The van der Waals surface area contributed by atoms with E-state index in [-0.39, 0.29) is 6.61 Å². The summed E-state index contributed by atoms with van der Waals surface area (Å²) in [4.78, 5) is 43.0. The predicted molar refractivity (Wildman–Crippen MR) is 137 cm³/mol. The van der Waals surface area contributed by atoms with Crippen LogP contribution in [0.3, 0.4) is 0 Å². The van der Waals surface area contributed by atoms with Gasteiger partial charge >= 0.3 is 5.97 Å². The van der Waals surface area contributed by atoms with Gasteiger partial charge in [0.15, 0.2) is 11.5 Å². The van der Waals surface area contributed by atoms with Crippen molar-refractivity contribution in [1.29, 1.82) is 0 Å². The number of carbonyl (C=O) groups is 3. The van der Waals surface area contributed by atoms with Crippen LogP contribution in [0.1, 0.15) is 38.3 Å². The van der Waals surface area contributed by atoms with Gasteiger partial charge < -0.3 is 23.7 Å². The molecule has 10 heteroatoms. The monoisotopic (exact) mass is 524 g/mol. The summed E-state index contributed by atoms with van der Waals surface area (Å²) in [5, 5.41) is 3.39. The molecule has 4 atom stereocenters. The first kappa shape index (κ1) is 25.8. The number of rotatable bonds is 8. The number of methoxy groups -OCH3 is 2. The second-order valence-electron chi connectivity index (χ2n) is 9.52. The maximum atomic E-state index is 14.1. The minimum Gasteiger partial charge on any atom is -0.497 e. The van der Waals surface area contributed by atoms with Crippen molar-refractivity contribution in [3.63, 3.8) is 0 Å². The maximum absolute atomic E-state index is 14.1. The van der Waals surface area contributed by atoms with Crippen molar-refractivity contribution in [2.75, 3.05) is 38.9 Å². The maximum Gasteiger partial charge on any atom is 0.327 e. The summed E-state index contributed by atoms with van der Waals surface area (Å²) in [6.07, 6.45) is 0.906. The van der Waals surface area contributed by atoms with Crippen molar-refractivity contribution < 1.29 is 38.1 Å². The number of anilines is 1. The number of carbonyl (C=O) groups excluding carboxylic acids is 3. The van der Waals surface area contributed by atoms with Gasteiger partial charge in [-0.05, 0) is 31.5 Å². The van der Waals surface area contributed by atoms with Gasteiger partial charge in [0, 0.05) is 23.7 Å². The summed E-state index contributed by atoms with van der Waals surface area (Å²) in [5.41, 5.74) is -0.371. The van der Waals surface area contributed by atoms with E-state index in [2.05, 4.69) is 5.32 Å². The molecule has 10 nitrogen and oxygen atoms in total. The van der Waals surface area contributed by atoms with Crippen LogP contribution in [0.5, 0.6) is 23.0 Å². The Kier molecular flexibility index (Phi) is 6.92. The van der Waals surface area contributed by atoms with Crippen molar-refractivity contribution >= 4 is 23.5 Å². The number of hydrogen-bond donors (Lipinski definition) is 1. The number of amides is 2. The van der Waals surface area contributed by atoms with Gasteiger partial charge in [-0.3, -0.25) is 19.7 Å². The molecule has 2 aromatic carbocycles. The minimum atomic E-state index is -1.39. The molecule has 0 bridgehead atoms. The molecular weight excluding hydrogens is 492 g/mol. The second kappa shape index (κ2) is 10.2. The number of nitrogens with zero attached hydrogens (tertiary/aromatic N) is 1. The summed E-state index contributed by atoms with van der Waals surface area (Å²) in [6, 6.07) is 9.57. The number of benzene rings is 2. The third-order valence-electron chi connectivity index (χ3n) is 7.50. The first-order valence-corrected chi connectivity index (χ1v) is 12.8. The van der Waals surface area contributed by atoms with Crippen LogP contribution < -0.4 is 29.2 Å². The molecule has 2 aromatic rings. The third-order valence-corrected chi connectivity index (χ3v) is 7.50. The number of hydrogen-bond acceptors (Lipinski definition) is 9. The van der Waals surface area contributed by atoms with E-state index < -0.39 is 41.2 Å². The quantitative estimate of drug-likeness (QED) is 0.411. The van der Waals surface area contributed by atoms with Gasteiger partial charge in [0.25, 0.3) is 0 Å². The highest BCUT2D eigenvalue weighted by Gasteiger charge is 2.69. The summed E-state index contributed by atoms with van der Waals surface area (Å²) in [7, 11) is 3.08. The molecule has 5 rings (SSSR count). The van der Waals surface area contributed by atoms with Crippen LogP contribution in [0.2, 0.25) is 0 Å². The van der Waals surface area contributed by atoms with E-state index >= 15 is 0 Å². The lowest BCUT2D eigenvalue weighted by molar-refractivity contribution is -0.155. The fraction of sp³-hybridized carbons (Fsp3) is 0.464. The van der Waals surface area contributed by atoms with Gasteiger partial charge in [0.2, 0.25) is 11.8 Å². The molecular formula is C28H32N2O8. The Morgan fingerprint density at radius 3 is 2.47 bits per heavy atom. The molecule has 3 aliphatic rings. The normalized spacial score (nSPS) is 25.8. The molecule has 0 unspecified atom stereocenters. The summed E-state index contributed by atoms with van der Waals surface area (Å²) >= 11 is 0. The van der Waals surface area contributed by atoms with E-state index in [0.717, 1.165) is 0 Å². The lowest BCUT2D eigenvalue weighted by Crippen LogP contribution is -2.56. The van der Waals surface area contributed by atoms with Crippen LogP contribution in [-0.4, -0.2) is 57.4 Å². The molecule has 0 aliphatic carbocycles. The fourth-order valence-corrected chi connectivity index (χ4v) is 5.94. The Balaban J connectivity index is 1.64. The molecule has 2 amide bonds. The number of ether oxygens (including phenoxy) is 5. The van der Waals surface area contributed by atoms with Crippen molar-refractivity contribution in [1.82, 2.24) is 5.32 Å². The average molecular weight is 525 g/mol. The van der Waals surface area contributed by atoms with Crippen LogP contribution in [-0.2, 0) is 19.1 Å². The third kappa shape index (κ3) is 3.94. The zero-order chi connectivity index (χ0) is 27.0. The fourth-order valence-electron chi connectivity index (χ4n) is 5.94. The Labute approximate surface area is 221 Å². The number of nitrogens with one attached hydrogen (secondary N) is 1. The predicted octanol–water partition coefficient (Wildman–Crippen LogP) is 3.03. The zero-order valence-corrected chi connectivity index (χ0v) is 21.9. The molecule has 38 heavy (non-hydrogen) atoms. The smallest absolute Gasteiger partial charge is 0.327 e. The summed E-state index contributed by atoms with van der Waals surface area (Å²) in [5.74, 6) is -1.18. The van der Waals surface area contributed by atoms with Crippen molar-refractivity contribution in [2.24, 2.45) is 11.8 Å². The first-order valence-electron chi connectivity index (χ1n) is 12.8. The van der Waals surface area contributed by atoms with Crippen LogP contribution in [0.4, 0.5) is 5.69 Å². The average Bonchev–Trinajstić information content (AvgIpc) is 3.41. The molecule has 0 saturated carbocycles. The van der Waals surface area contributed by atoms with Gasteiger partial charge in [-0.15, -0.1) is 0 Å². The Bertz CT molecular complexity index is 1260. The van der Waals surface area contributed by atoms with Gasteiger partial charge in [0.1, 0.15) is 30.3 Å². The molecule has 2 fully saturated rings. The SMILES string of the molecule is CCC[C@@]1(C(=O)OCC)N[C@@H](c2ccc(OC)cc2OC)[C@H]2C(=O)N(c3ccc4c(c3)OCCO4)C(=O)[C@H]21.